The van der Waals surface area contributed by atoms with Crippen molar-refractivity contribution in [1.82, 2.24) is 14.9 Å². The van der Waals surface area contributed by atoms with Crippen LogP contribution in [-0.4, -0.2) is 39.1 Å². The summed E-state index contributed by atoms with van der Waals surface area (Å²) in [5.41, 5.74) is 2.66. The zero-order valence-electron chi connectivity index (χ0n) is 16.9. The molecular formula is C22H24F3N3O3. The van der Waals surface area contributed by atoms with Gasteiger partial charge in [0.25, 0.3) is 5.91 Å². The molecule has 9 heteroatoms. The summed E-state index contributed by atoms with van der Waals surface area (Å²) < 4.78 is 43.0. The fourth-order valence-corrected chi connectivity index (χ4v) is 4.19. The van der Waals surface area contributed by atoms with Crippen LogP contribution in [-0.2, 0) is 11.3 Å². The first-order valence-electron chi connectivity index (χ1n) is 10.4. The van der Waals surface area contributed by atoms with Gasteiger partial charge in [0, 0.05) is 25.4 Å². The molecule has 2 N–H and O–H groups in total. The number of halogens is 3. The molecule has 0 aromatic carbocycles. The maximum Gasteiger partial charge on any atom is 0.572 e. The van der Waals surface area contributed by atoms with Gasteiger partial charge in [-0.15, -0.1) is 13.2 Å². The summed E-state index contributed by atoms with van der Waals surface area (Å²) in [6, 6.07) is 3.35. The van der Waals surface area contributed by atoms with E-state index < -0.39 is 12.5 Å². The van der Waals surface area contributed by atoms with Gasteiger partial charge in [-0.2, -0.15) is 0 Å². The highest BCUT2D eigenvalue weighted by Gasteiger charge is 2.32. The van der Waals surface area contributed by atoms with Gasteiger partial charge in [0.15, 0.2) is 0 Å². The fourth-order valence-electron chi connectivity index (χ4n) is 4.19. The number of rotatable bonds is 5. The number of hydrogen-bond donors (Lipinski definition) is 2. The smallest absolute Gasteiger partial charge is 0.410 e. The van der Waals surface area contributed by atoms with Crippen molar-refractivity contribution in [3.05, 3.63) is 53.6 Å². The Morgan fingerprint density at radius 1 is 1.26 bits per heavy atom. The molecule has 1 saturated carbocycles. The van der Waals surface area contributed by atoms with Gasteiger partial charge in [0.05, 0.1) is 23.2 Å². The molecule has 1 amide bonds. The lowest BCUT2D eigenvalue weighted by Crippen LogP contribution is -2.45. The van der Waals surface area contributed by atoms with E-state index in [4.69, 9.17) is 0 Å². The first-order chi connectivity index (χ1) is 14.8. The molecule has 2 heterocycles. The third-order valence-corrected chi connectivity index (χ3v) is 5.74. The standard InChI is InChI=1S/C22H24F3N3O3/c23-22(24,25)31-15-9-7-14(8-10-15)12-28-13-16(20-18(28)5-3-11-26-20)21(30)27-17-4-1-2-6-19(17)29/h3,5,7,9,11,13,17,19,29H,1-2,4,6,8,10,12H2,(H,27,30)/t17-,19+/m1/s1. The predicted octanol–water partition coefficient (Wildman–Crippen LogP) is 4.21. The Hall–Kier alpha value is -2.81. The molecule has 6 nitrogen and oxygen atoms in total. The number of nitrogens with one attached hydrogen (secondary N) is 1. The largest absolute Gasteiger partial charge is 0.572 e. The van der Waals surface area contributed by atoms with E-state index in [1.807, 2.05) is 10.6 Å². The minimum absolute atomic E-state index is 0.110. The number of aliphatic hydroxyl groups excluding tert-OH is 1. The van der Waals surface area contributed by atoms with E-state index in [0.717, 1.165) is 30.4 Å². The normalized spacial score (nSPS) is 22.1. The lowest BCUT2D eigenvalue weighted by Gasteiger charge is -2.28. The van der Waals surface area contributed by atoms with Crippen LogP contribution in [0.5, 0.6) is 0 Å². The monoisotopic (exact) mass is 435 g/mol. The maximum atomic E-state index is 12.9. The van der Waals surface area contributed by atoms with Crippen LogP contribution in [0.3, 0.4) is 0 Å². The van der Waals surface area contributed by atoms with E-state index in [1.54, 1.807) is 24.5 Å². The Kier molecular flexibility index (Phi) is 6.04. The van der Waals surface area contributed by atoms with Gasteiger partial charge < -0.3 is 19.7 Å². The predicted molar refractivity (Wildman–Crippen MR) is 108 cm³/mol. The van der Waals surface area contributed by atoms with Gasteiger partial charge in [-0.05, 0) is 37.5 Å². The SMILES string of the molecule is O=C(N[C@@H]1CCCC[C@@H]1O)c1cn(CC2=CC=C(OC(F)(F)F)CC2)c2cccnc12. The number of pyridine rings is 1. The van der Waals surface area contributed by atoms with Crippen molar-refractivity contribution < 1.29 is 27.8 Å². The van der Waals surface area contributed by atoms with Gasteiger partial charge in [0.2, 0.25) is 0 Å². The van der Waals surface area contributed by atoms with Crippen molar-refractivity contribution >= 4 is 16.9 Å². The van der Waals surface area contributed by atoms with Crippen molar-refractivity contribution in [1.29, 1.82) is 0 Å². The lowest BCUT2D eigenvalue weighted by molar-refractivity contribution is -0.306. The summed E-state index contributed by atoms with van der Waals surface area (Å²) in [4.78, 5) is 17.3. The summed E-state index contributed by atoms with van der Waals surface area (Å²) in [6.45, 7) is 0.428. The molecule has 31 heavy (non-hydrogen) atoms. The van der Waals surface area contributed by atoms with Crippen molar-refractivity contribution in [2.75, 3.05) is 0 Å². The average Bonchev–Trinajstić information content (AvgIpc) is 3.09. The Morgan fingerprint density at radius 2 is 2.06 bits per heavy atom. The van der Waals surface area contributed by atoms with E-state index in [-0.39, 0.29) is 24.1 Å². The van der Waals surface area contributed by atoms with E-state index in [0.29, 0.717) is 30.5 Å². The first-order valence-corrected chi connectivity index (χ1v) is 10.4. The Labute approximate surface area is 177 Å². The summed E-state index contributed by atoms with van der Waals surface area (Å²) in [5.74, 6) is -0.395. The second-order valence-electron chi connectivity index (χ2n) is 7.98. The summed E-state index contributed by atoms with van der Waals surface area (Å²) in [6.07, 6.45) is 4.98. The molecule has 4 rings (SSSR count). The third-order valence-electron chi connectivity index (χ3n) is 5.74. The lowest BCUT2D eigenvalue weighted by atomic mass is 9.92. The molecule has 0 bridgehead atoms. The highest BCUT2D eigenvalue weighted by Crippen LogP contribution is 2.29. The summed E-state index contributed by atoms with van der Waals surface area (Å²) in [5, 5.41) is 13.1. The average molecular weight is 435 g/mol. The number of nitrogens with zero attached hydrogens (tertiary/aromatic N) is 2. The van der Waals surface area contributed by atoms with E-state index in [9.17, 15) is 23.1 Å². The fraction of sp³-hybridized carbons (Fsp3) is 0.455. The Bertz CT molecular complexity index is 1030. The second kappa shape index (κ2) is 8.74. The molecule has 0 saturated heterocycles. The number of aliphatic hydroxyl groups is 1. The minimum Gasteiger partial charge on any atom is -0.410 e. The van der Waals surface area contributed by atoms with Crippen LogP contribution in [0.1, 0.15) is 48.9 Å². The molecular weight excluding hydrogens is 411 g/mol. The number of allylic oxidation sites excluding steroid dienone is 4. The van der Waals surface area contributed by atoms with Crippen molar-refractivity contribution in [2.45, 2.75) is 63.6 Å². The molecule has 0 aliphatic heterocycles. The van der Waals surface area contributed by atoms with Crippen LogP contribution in [0, 0.1) is 0 Å². The molecule has 2 atom stereocenters. The molecule has 1 fully saturated rings. The van der Waals surface area contributed by atoms with Crippen LogP contribution < -0.4 is 5.32 Å². The number of carbonyl (C=O) groups excluding carboxylic acids is 1. The third kappa shape index (κ3) is 5.10. The van der Waals surface area contributed by atoms with Crippen LogP contribution in [0.4, 0.5) is 13.2 Å². The summed E-state index contributed by atoms with van der Waals surface area (Å²) >= 11 is 0. The molecule has 2 aromatic heterocycles. The Morgan fingerprint density at radius 3 is 2.77 bits per heavy atom. The van der Waals surface area contributed by atoms with Crippen LogP contribution in [0.2, 0.25) is 0 Å². The number of carbonyl (C=O) groups is 1. The maximum absolute atomic E-state index is 12.9. The molecule has 166 valence electrons. The second-order valence-corrected chi connectivity index (χ2v) is 7.98. The zero-order valence-corrected chi connectivity index (χ0v) is 16.9. The number of alkyl halides is 3. The van der Waals surface area contributed by atoms with Crippen LogP contribution in [0.15, 0.2) is 48.0 Å². The number of amides is 1. The van der Waals surface area contributed by atoms with Gasteiger partial charge in [-0.3, -0.25) is 9.78 Å². The highest BCUT2D eigenvalue weighted by molar-refractivity contribution is 6.05. The van der Waals surface area contributed by atoms with Crippen molar-refractivity contribution in [2.24, 2.45) is 0 Å². The number of fused-ring (bicyclic) bond motifs is 1. The van der Waals surface area contributed by atoms with E-state index >= 15 is 0 Å². The van der Waals surface area contributed by atoms with Gasteiger partial charge in [0.1, 0.15) is 11.3 Å². The minimum atomic E-state index is -4.69. The molecule has 2 aromatic rings. The van der Waals surface area contributed by atoms with Crippen LogP contribution >= 0.6 is 0 Å². The molecule has 0 spiro atoms. The first kappa shape index (κ1) is 21.4. The topological polar surface area (TPSA) is 76.4 Å². The zero-order chi connectivity index (χ0) is 22.0. The van der Waals surface area contributed by atoms with E-state index in [1.165, 1.54) is 6.08 Å². The van der Waals surface area contributed by atoms with Crippen LogP contribution in [0.25, 0.3) is 11.0 Å². The van der Waals surface area contributed by atoms with Gasteiger partial charge >= 0.3 is 6.36 Å². The Balaban J connectivity index is 1.54. The van der Waals surface area contributed by atoms with Crippen molar-refractivity contribution in [3.8, 4) is 0 Å². The number of aromatic nitrogens is 2. The number of hydrogen-bond acceptors (Lipinski definition) is 4. The molecule has 2 aliphatic rings. The molecule has 0 unspecified atom stereocenters. The molecule has 0 radical (unpaired) electrons. The number of ether oxygens (including phenoxy) is 1. The van der Waals surface area contributed by atoms with Gasteiger partial charge in [-0.1, -0.05) is 24.5 Å². The van der Waals surface area contributed by atoms with E-state index in [2.05, 4.69) is 15.0 Å². The highest BCUT2D eigenvalue weighted by atomic mass is 19.4. The molecule has 2 aliphatic carbocycles. The quantitative estimate of drug-likeness (QED) is 0.738. The summed E-state index contributed by atoms with van der Waals surface area (Å²) in [7, 11) is 0. The van der Waals surface area contributed by atoms with Crippen molar-refractivity contribution in [3.63, 3.8) is 0 Å². The van der Waals surface area contributed by atoms with Gasteiger partial charge in [-0.25, -0.2) is 0 Å².